The molecule has 0 atom stereocenters. The van der Waals surface area contributed by atoms with Crippen LogP contribution in [0.3, 0.4) is 0 Å². The van der Waals surface area contributed by atoms with Gasteiger partial charge in [0.2, 0.25) is 5.88 Å². The first-order valence-corrected chi connectivity index (χ1v) is 4.10. The van der Waals surface area contributed by atoms with Crippen LogP contribution in [0.1, 0.15) is 5.56 Å². The van der Waals surface area contributed by atoms with Crippen molar-refractivity contribution in [2.45, 2.75) is 0 Å². The van der Waals surface area contributed by atoms with Gasteiger partial charge in [-0.3, -0.25) is 20.1 Å². The van der Waals surface area contributed by atoms with Crippen molar-refractivity contribution in [3.63, 3.8) is 0 Å². The van der Waals surface area contributed by atoms with Crippen molar-refractivity contribution >= 4 is 18.3 Å². The van der Waals surface area contributed by atoms with Gasteiger partial charge in [-0.05, 0) is 0 Å². The van der Waals surface area contributed by atoms with Crippen molar-refractivity contribution in [1.82, 2.24) is 15.3 Å². The number of nitrogens with zero attached hydrogens (tertiary/aromatic N) is 1. The number of urea groups is 2. The van der Waals surface area contributed by atoms with Crippen LogP contribution in [0.15, 0.2) is 14.6 Å². The minimum absolute atomic E-state index is 0.441. The maximum absolute atomic E-state index is 11.1. The molecule has 1 aromatic rings. The van der Waals surface area contributed by atoms with Crippen LogP contribution in [-0.4, -0.2) is 33.4 Å². The van der Waals surface area contributed by atoms with Gasteiger partial charge in [-0.2, -0.15) is 0 Å². The summed E-state index contributed by atoms with van der Waals surface area (Å²) in [5.41, 5.74) is 2.34. The molecule has 0 unspecified atom stereocenters. The third kappa shape index (κ3) is 3.30. The molecule has 0 fully saturated rings. The lowest BCUT2D eigenvalue weighted by Crippen LogP contribution is -2.33. The van der Waals surface area contributed by atoms with Gasteiger partial charge < -0.3 is 10.8 Å². The van der Waals surface area contributed by atoms with E-state index < -0.39 is 34.8 Å². The zero-order valence-corrected chi connectivity index (χ0v) is 8.18. The van der Waals surface area contributed by atoms with E-state index in [0.29, 0.717) is 6.21 Å². The standard InChI is InChI=1S/C7H7N5O5/c8-5(15)12-6(16)9-1-2-3(13)10-7(17)11-4(2)14/h1H,(H3,8,12,15,16)(H3,10,11,13,14,17). The number of hydrogen-bond acceptors (Lipinski definition) is 5. The number of carbonyl (C=O) groups is 2. The van der Waals surface area contributed by atoms with Crippen molar-refractivity contribution in [3.05, 3.63) is 26.4 Å². The molecule has 90 valence electrons. The summed E-state index contributed by atoms with van der Waals surface area (Å²) in [7, 11) is 0. The zero-order valence-electron chi connectivity index (χ0n) is 8.18. The van der Waals surface area contributed by atoms with Crippen LogP contribution in [0.25, 0.3) is 0 Å². The molecule has 17 heavy (non-hydrogen) atoms. The van der Waals surface area contributed by atoms with E-state index in [1.54, 1.807) is 10.3 Å². The minimum atomic E-state index is -1.12. The number of rotatable bonds is 1. The lowest BCUT2D eigenvalue weighted by Gasteiger charge is -1.96. The molecule has 0 aliphatic heterocycles. The summed E-state index contributed by atoms with van der Waals surface area (Å²) in [6.07, 6.45) is 0.669. The number of carbonyl (C=O) groups excluding carboxylic acids is 2. The van der Waals surface area contributed by atoms with Crippen LogP contribution in [0.2, 0.25) is 0 Å². The molecular formula is C7H7N5O5. The van der Waals surface area contributed by atoms with Gasteiger partial charge >= 0.3 is 17.8 Å². The number of H-pyrrole nitrogens is 2. The van der Waals surface area contributed by atoms with Gasteiger partial charge in [-0.25, -0.2) is 19.4 Å². The summed E-state index contributed by atoms with van der Waals surface area (Å²) in [5, 5.41) is 10.8. The van der Waals surface area contributed by atoms with Gasteiger partial charge in [-0.15, -0.1) is 0 Å². The fourth-order valence-corrected chi connectivity index (χ4v) is 0.865. The van der Waals surface area contributed by atoms with E-state index in [1.165, 1.54) is 0 Å². The Labute approximate surface area is 92.2 Å². The fourth-order valence-electron chi connectivity index (χ4n) is 0.865. The molecule has 1 heterocycles. The number of imide groups is 1. The van der Waals surface area contributed by atoms with Crippen molar-refractivity contribution < 1.29 is 14.7 Å². The molecule has 6 N–H and O–H groups in total. The molecule has 0 aromatic carbocycles. The lowest BCUT2D eigenvalue weighted by atomic mass is 10.3. The Hall–Kier alpha value is -2.91. The van der Waals surface area contributed by atoms with Gasteiger partial charge in [0.05, 0.1) is 6.21 Å². The number of aromatic nitrogens is 2. The van der Waals surface area contributed by atoms with E-state index in [4.69, 9.17) is 0 Å². The highest BCUT2D eigenvalue weighted by atomic mass is 16.3. The Kier molecular flexibility index (Phi) is 3.39. The number of aromatic amines is 2. The molecule has 1 aromatic heterocycles. The number of aromatic hydroxyl groups is 1. The van der Waals surface area contributed by atoms with Crippen molar-refractivity contribution in [1.29, 1.82) is 0 Å². The van der Waals surface area contributed by atoms with Crippen LogP contribution in [0.5, 0.6) is 5.88 Å². The summed E-state index contributed by atoms with van der Waals surface area (Å²) >= 11 is 0. The quantitative estimate of drug-likeness (QED) is 0.356. The Bertz CT molecular complexity index is 597. The Morgan fingerprint density at radius 2 is 2.00 bits per heavy atom. The number of primary amides is 1. The maximum Gasteiger partial charge on any atom is 0.348 e. The molecule has 0 aliphatic carbocycles. The first-order valence-electron chi connectivity index (χ1n) is 4.10. The SMILES string of the molecule is NC(=O)NC(=O)N=Cc1c(O)[nH]c(=O)[nH]c1=O. The molecule has 0 bridgehead atoms. The Morgan fingerprint density at radius 3 is 2.53 bits per heavy atom. The van der Waals surface area contributed by atoms with Crippen LogP contribution < -0.4 is 22.3 Å². The zero-order chi connectivity index (χ0) is 13.0. The molecule has 0 saturated heterocycles. The number of nitrogens with two attached hydrogens (primary N) is 1. The second-order valence-corrected chi connectivity index (χ2v) is 2.72. The second-order valence-electron chi connectivity index (χ2n) is 2.72. The molecule has 0 radical (unpaired) electrons. The van der Waals surface area contributed by atoms with E-state index in [0.717, 1.165) is 0 Å². The van der Waals surface area contributed by atoms with E-state index >= 15 is 0 Å². The van der Waals surface area contributed by atoms with Crippen LogP contribution in [0.4, 0.5) is 9.59 Å². The van der Waals surface area contributed by atoms with E-state index in [2.05, 4.69) is 10.7 Å². The Morgan fingerprint density at radius 1 is 1.35 bits per heavy atom. The van der Waals surface area contributed by atoms with E-state index in [1.807, 2.05) is 4.98 Å². The number of nitrogens with one attached hydrogen (secondary N) is 3. The minimum Gasteiger partial charge on any atom is -0.494 e. The van der Waals surface area contributed by atoms with Crippen molar-refractivity contribution in [2.24, 2.45) is 10.7 Å². The summed E-state index contributed by atoms with van der Waals surface area (Å²) < 4.78 is 0. The highest BCUT2D eigenvalue weighted by Crippen LogP contribution is 2.00. The van der Waals surface area contributed by atoms with Gasteiger partial charge in [0.1, 0.15) is 5.56 Å². The molecule has 10 nitrogen and oxygen atoms in total. The fraction of sp³-hybridized carbons (Fsp3) is 0. The first kappa shape index (κ1) is 12.2. The van der Waals surface area contributed by atoms with Crippen LogP contribution in [0, 0.1) is 0 Å². The average Bonchev–Trinajstić information content (AvgIpc) is 2.14. The van der Waals surface area contributed by atoms with Gasteiger partial charge in [0, 0.05) is 0 Å². The molecule has 1 rings (SSSR count). The number of aliphatic imine (C=N–C) groups is 1. The van der Waals surface area contributed by atoms with Gasteiger partial charge in [-0.1, -0.05) is 0 Å². The summed E-state index contributed by atoms with van der Waals surface area (Å²) in [4.78, 5) is 49.7. The monoisotopic (exact) mass is 241 g/mol. The average molecular weight is 241 g/mol. The second kappa shape index (κ2) is 4.74. The topological polar surface area (TPSA) is 170 Å². The van der Waals surface area contributed by atoms with Crippen LogP contribution >= 0.6 is 0 Å². The largest absolute Gasteiger partial charge is 0.494 e. The van der Waals surface area contributed by atoms with E-state index in [9.17, 15) is 24.3 Å². The van der Waals surface area contributed by atoms with Crippen molar-refractivity contribution in [3.8, 4) is 5.88 Å². The molecule has 0 aliphatic rings. The molecule has 0 spiro atoms. The third-order valence-corrected chi connectivity index (χ3v) is 1.50. The molecule has 10 heteroatoms. The maximum atomic E-state index is 11.1. The third-order valence-electron chi connectivity index (χ3n) is 1.50. The summed E-state index contributed by atoms with van der Waals surface area (Å²) in [5.74, 6) is -0.755. The lowest BCUT2D eigenvalue weighted by molar-refractivity contribution is 0.237. The highest BCUT2D eigenvalue weighted by Gasteiger charge is 2.07. The Balaban J connectivity index is 3.00. The summed E-state index contributed by atoms with van der Waals surface area (Å²) in [6.45, 7) is 0. The highest BCUT2D eigenvalue weighted by molar-refractivity contribution is 5.98. The van der Waals surface area contributed by atoms with Crippen LogP contribution in [-0.2, 0) is 0 Å². The smallest absolute Gasteiger partial charge is 0.348 e. The van der Waals surface area contributed by atoms with Crippen molar-refractivity contribution in [2.75, 3.05) is 0 Å². The molecular weight excluding hydrogens is 234 g/mol. The first-order chi connectivity index (χ1) is 7.90. The normalized spacial score (nSPS) is 10.4. The number of hydrogen-bond donors (Lipinski definition) is 5. The predicted molar refractivity (Wildman–Crippen MR) is 55.1 cm³/mol. The van der Waals surface area contributed by atoms with E-state index in [-0.39, 0.29) is 0 Å². The number of amides is 4. The predicted octanol–water partition coefficient (Wildman–Crippen LogP) is -2.02. The summed E-state index contributed by atoms with van der Waals surface area (Å²) in [6, 6.07) is -2.24. The molecule has 4 amide bonds. The van der Waals surface area contributed by atoms with Gasteiger partial charge in [0.15, 0.2) is 0 Å². The molecule has 0 saturated carbocycles. The van der Waals surface area contributed by atoms with Gasteiger partial charge in [0.25, 0.3) is 5.56 Å².